The van der Waals surface area contributed by atoms with Crippen molar-refractivity contribution in [1.29, 1.82) is 0 Å². The molecule has 0 bridgehead atoms. The molecule has 31 heavy (non-hydrogen) atoms. The Morgan fingerprint density at radius 2 is 1.84 bits per heavy atom. The van der Waals surface area contributed by atoms with Crippen LogP contribution < -0.4 is 10.1 Å². The van der Waals surface area contributed by atoms with Gasteiger partial charge in [0, 0.05) is 30.6 Å². The number of amides is 2. The van der Waals surface area contributed by atoms with Crippen molar-refractivity contribution < 1.29 is 23.5 Å². The van der Waals surface area contributed by atoms with Crippen LogP contribution in [-0.2, 0) is 9.53 Å². The molecule has 3 atom stereocenters. The number of benzene rings is 2. The third-order valence-corrected chi connectivity index (χ3v) is 6.17. The molecule has 2 aliphatic rings. The highest BCUT2D eigenvalue weighted by Gasteiger charge is 2.42. The minimum absolute atomic E-state index is 0.0148. The minimum Gasteiger partial charge on any atom is -0.497 e. The van der Waals surface area contributed by atoms with Crippen LogP contribution in [0.3, 0.4) is 0 Å². The molecule has 2 aromatic carbocycles. The molecule has 1 N–H and O–H groups in total. The molecule has 164 valence electrons. The molecule has 6 nitrogen and oxygen atoms in total. The van der Waals surface area contributed by atoms with Crippen LogP contribution in [0.2, 0.25) is 0 Å². The number of rotatable bonds is 5. The van der Waals surface area contributed by atoms with E-state index in [0.717, 1.165) is 11.3 Å². The SMILES string of the molecule is COc1ccc([C@H]2C[C@H](NC(=O)c3cccc(F)c3)C[C@@H]2C(=O)N2CCOCC2)cc1. The highest BCUT2D eigenvalue weighted by atomic mass is 19.1. The Morgan fingerprint density at radius 3 is 2.52 bits per heavy atom. The lowest BCUT2D eigenvalue weighted by molar-refractivity contribution is -0.140. The highest BCUT2D eigenvalue weighted by molar-refractivity contribution is 5.94. The number of nitrogens with zero attached hydrogens (tertiary/aromatic N) is 1. The molecule has 1 aliphatic heterocycles. The number of halogens is 1. The van der Waals surface area contributed by atoms with Crippen LogP contribution in [0.4, 0.5) is 4.39 Å². The summed E-state index contributed by atoms with van der Waals surface area (Å²) in [6, 6.07) is 13.2. The number of hydrogen-bond acceptors (Lipinski definition) is 4. The predicted octanol–water partition coefficient (Wildman–Crippen LogP) is 2.99. The number of carbonyl (C=O) groups excluding carboxylic acids is 2. The van der Waals surface area contributed by atoms with E-state index in [-0.39, 0.29) is 35.3 Å². The number of carbonyl (C=O) groups is 2. The van der Waals surface area contributed by atoms with E-state index in [1.54, 1.807) is 13.2 Å². The first-order chi connectivity index (χ1) is 15.0. The van der Waals surface area contributed by atoms with Crippen molar-refractivity contribution in [2.75, 3.05) is 33.4 Å². The van der Waals surface area contributed by atoms with Crippen LogP contribution in [0.15, 0.2) is 48.5 Å². The van der Waals surface area contributed by atoms with Crippen molar-refractivity contribution >= 4 is 11.8 Å². The zero-order valence-electron chi connectivity index (χ0n) is 17.6. The van der Waals surface area contributed by atoms with E-state index in [2.05, 4.69) is 5.32 Å². The van der Waals surface area contributed by atoms with Crippen molar-refractivity contribution in [1.82, 2.24) is 10.2 Å². The fourth-order valence-electron chi connectivity index (χ4n) is 4.56. The molecule has 1 aliphatic carbocycles. The normalized spacial score (nSPS) is 23.4. The first-order valence-electron chi connectivity index (χ1n) is 10.6. The molecule has 1 heterocycles. The van der Waals surface area contributed by atoms with Gasteiger partial charge < -0.3 is 19.7 Å². The smallest absolute Gasteiger partial charge is 0.251 e. The number of ether oxygens (including phenoxy) is 2. The summed E-state index contributed by atoms with van der Waals surface area (Å²) in [4.78, 5) is 27.9. The minimum atomic E-state index is -0.449. The van der Waals surface area contributed by atoms with Crippen LogP contribution in [0, 0.1) is 11.7 Å². The molecular formula is C24H27FN2O4. The number of methoxy groups -OCH3 is 1. The summed E-state index contributed by atoms with van der Waals surface area (Å²) >= 11 is 0. The van der Waals surface area contributed by atoms with Gasteiger partial charge in [0.05, 0.1) is 20.3 Å². The molecule has 1 saturated heterocycles. The van der Waals surface area contributed by atoms with E-state index < -0.39 is 5.82 Å². The number of nitrogens with one attached hydrogen (secondary N) is 1. The van der Waals surface area contributed by atoms with Gasteiger partial charge in [0.2, 0.25) is 5.91 Å². The fraction of sp³-hybridized carbons (Fsp3) is 0.417. The van der Waals surface area contributed by atoms with Crippen LogP contribution in [0.1, 0.15) is 34.7 Å². The summed E-state index contributed by atoms with van der Waals surface area (Å²) in [5, 5.41) is 3.01. The topological polar surface area (TPSA) is 67.9 Å². The summed E-state index contributed by atoms with van der Waals surface area (Å²) in [6.45, 7) is 2.27. The largest absolute Gasteiger partial charge is 0.497 e. The van der Waals surface area contributed by atoms with E-state index in [4.69, 9.17) is 9.47 Å². The van der Waals surface area contributed by atoms with Crippen LogP contribution in [0.5, 0.6) is 5.75 Å². The predicted molar refractivity (Wildman–Crippen MR) is 114 cm³/mol. The van der Waals surface area contributed by atoms with E-state index in [1.165, 1.54) is 18.2 Å². The van der Waals surface area contributed by atoms with Crippen molar-refractivity contribution in [2.24, 2.45) is 5.92 Å². The summed E-state index contributed by atoms with van der Waals surface area (Å²) in [5.74, 6) is -0.156. The monoisotopic (exact) mass is 426 g/mol. The lowest BCUT2D eigenvalue weighted by Crippen LogP contribution is -2.44. The molecule has 2 amide bonds. The summed E-state index contributed by atoms with van der Waals surface area (Å²) in [6.07, 6.45) is 1.20. The lowest BCUT2D eigenvalue weighted by Gasteiger charge is -2.31. The van der Waals surface area contributed by atoms with Gasteiger partial charge in [-0.3, -0.25) is 9.59 Å². The van der Waals surface area contributed by atoms with Gasteiger partial charge in [-0.15, -0.1) is 0 Å². The maximum absolute atomic E-state index is 13.5. The second-order valence-electron chi connectivity index (χ2n) is 8.08. The molecule has 2 fully saturated rings. The Hall–Kier alpha value is -2.93. The number of hydrogen-bond donors (Lipinski definition) is 1. The van der Waals surface area contributed by atoms with E-state index in [9.17, 15) is 14.0 Å². The van der Waals surface area contributed by atoms with Gasteiger partial charge in [0.15, 0.2) is 0 Å². The number of morpholine rings is 1. The van der Waals surface area contributed by atoms with Crippen molar-refractivity contribution in [2.45, 2.75) is 24.8 Å². The summed E-state index contributed by atoms with van der Waals surface area (Å²) in [5.41, 5.74) is 1.33. The Bertz CT molecular complexity index is 927. The lowest BCUT2D eigenvalue weighted by atomic mass is 9.88. The second-order valence-corrected chi connectivity index (χ2v) is 8.08. The van der Waals surface area contributed by atoms with Gasteiger partial charge in [-0.1, -0.05) is 18.2 Å². The van der Waals surface area contributed by atoms with Gasteiger partial charge in [-0.2, -0.15) is 0 Å². The van der Waals surface area contributed by atoms with Gasteiger partial charge in [0.1, 0.15) is 11.6 Å². The third kappa shape index (κ3) is 4.88. The van der Waals surface area contributed by atoms with Gasteiger partial charge in [0.25, 0.3) is 5.91 Å². The van der Waals surface area contributed by atoms with Crippen LogP contribution >= 0.6 is 0 Å². The van der Waals surface area contributed by atoms with E-state index in [0.29, 0.717) is 39.1 Å². The van der Waals surface area contributed by atoms with Crippen molar-refractivity contribution in [3.63, 3.8) is 0 Å². The molecule has 0 unspecified atom stereocenters. The molecular weight excluding hydrogens is 399 g/mol. The maximum Gasteiger partial charge on any atom is 0.251 e. The Morgan fingerprint density at radius 1 is 1.10 bits per heavy atom. The van der Waals surface area contributed by atoms with Crippen molar-refractivity contribution in [3.05, 3.63) is 65.5 Å². The first kappa shape index (κ1) is 21.3. The molecule has 7 heteroatoms. The Kier molecular flexibility index (Phi) is 6.51. The fourth-order valence-corrected chi connectivity index (χ4v) is 4.56. The molecule has 0 aromatic heterocycles. The summed E-state index contributed by atoms with van der Waals surface area (Å²) < 4.78 is 24.2. The molecule has 1 saturated carbocycles. The second kappa shape index (κ2) is 9.47. The zero-order valence-corrected chi connectivity index (χ0v) is 17.6. The standard InChI is InChI=1S/C24H27FN2O4/c1-30-20-7-5-16(6-8-20)21-14-19(26-23(28)17-3-2-4-18(25)13-17)15-22(21)24(29)27-9-11-31-12-10-27/h2-8,13,19,21-22H,9-12,14-15H2,1H3,(H,26,28)/t19-,21+,22-/m0/s1. The van der Waals surface area contributed by atoms with Crippen LogP contribution in [-0.4, -0.2) is 56.2 Å². The molecule has 2 aromatic rings. The Balaban J connectivity index is 1.53. The van der Waals surface area contributed by atoms with Crippen LogP contribution in [0.25, 0.3) is 0 Å². The highest BCUT2D eigenvalue weighted by Crippen LogP contribution is 2.41. The van der Waals surface area contributed by atoms with Gasteiger partial charge >= 0.3 is 0 Å². The average Bonchev–Trinajstić information content (AvgIpc) is 3.23. The van der Waals surface area contributed by atoms with Crippen molar-refractivity contribution in [3.8, 4) is 5.75 Å². The maximum atomic E-state index is 13.5. The quantitative estimate of drug-likeness (QED) is 0.798. The van der Waals surface area contributed by atoms with Gasteiger partial charge in [-0.25, -0.2) is 4.39 Å². The third-order valence-electron chi connectivity index (χ3n) is 6.17. The molecule has 0 radical (unpaired) electrons. The van der Waals surface area contributed by atoms with E-state index >= 15 is 0 Å². The zero-order chi connectivity index (χ0) is 21.8. The molecule has 4 rings (SSSR count). The Labute approximate surface area is 181 Å². The average molecular weight is 426 g/mol. The first-order valence-corrected chi connectivity index (χ1v) is 10.6. The summed E-state index contributed by atoms with van der Waals surface area (Å²) in [7, 11) is 1.62. The van der Waals surface area contributed by atoms with Gasteiger partial charge in [-0.05, 0) is 54.7 Å². The molecule has 0 spiro atoms. The van der Waals surface area contributed by atoms with E-state index in [1.807, 2.05) is 29.2 Å².